The summed E-state index contributed by atoms with van der Waals surface area (Å²) in [5.41, 5.74) is 4.58. The number of halogens is 1. The van der Waals surface area contributed by atoms with E-state index in [4.69, 9.17) is 0 Å². The summed E-state index contributed by atoms with van der Waals surface area (Å²) in [6.45, 7) is 1.93. The highest BCUT2D eigenvalue weighted by atomic mass is 32.1. The molecule has 0 spiro atoms. The van der Waals surface area contributed by atoms with Crippen LogP contribution in [-0.2, 0) is 6.42 Å². The maximum atomic E-state index is 14.0. The van der Waals surface area contributed by atoms with E-state index in [9.17, 15) is 9.18 Å². The Bertz CT molecular complexity index is 1250. The van der Waals surface area contributed by atoms with Crippen LogP contribution in [0.2, 0.25) is 0 Å². The largest absolute Gasteiger partial charge is 0.354 e. The monoisotopic (exact) mass is 439 g/mol. The molecular weight excluding hydrogens is 421 g/mol. The first-order valence-corrected chi connectivity index (χ1v) is 10.8. The minimum Gasteiger partial charge on any atom is -0.354 e. The van der Waals surface area contributed by atoms with Crippen molar-refractivity contribution < 1.29 is 9.18 Å². The quantitative estimate of drug-likeness (QED) is 0.340. The van der Waals surface area contributed by atoms with E-state index in [1.807, 2.05) is 25.1 Å². The van der Waals surface area contributed by atoms with Crippen molar-refractivity contribution in [3.8, 4) is 0 Å². The molecule has 0 saturated heterocycles. The summed E-state index contributed by atoms with van der Waals surface area (Å²) in [6, 6.07) is 10.6. The maximum Gasteiger partial charge on any atom is 0.261 e. The summed E-state index contributed by atoms with van der Waals surface area (Å²) in [5.74, 6) is 0.244. The van der Waals surface area contributed by atoms with Gasteiger partial charge in [0.2, 0.25) is 0 Å². The molecule has 3 aromatic heterocycles. The number of benzene rings is 1. The van der Waals surface area contributed by atoms with Gasteiger partial charge in [-0.05, 0) is 36.2 Å². The van der Waals surface area contributed by atoms with Gasteiger partial charge in [-0.15, -0.1) is 22.7 Å². The van der Waals surface area contributed by atoms with Crippen LogP contribution in [0.15, 0.2) is 47.8 Å². The summed E-state index contributed by atoms with van der Waals surface area (Å²) >= 11 is 2.87. The van der Waals surface area contributed by atoms with Crippen LogP contribution in [0.5, 0.6) is 0 Å². The number of thiophene rings is 2. The number of hydrogen-bond acceptors (Lipinski definition) is 7. The number of carbonyl (C=O) groups excluding carboxylic acids is 1. The number of fused-ring (bicyclic) bond motifs is 1. The van der Waals surface area contributed by atoms with E-state index >= 15 is 0 Å². The molecule has 2 N–H and O–H groups in total. The lowest BCUT2D eigenvalue weighted by molar-refractivity contribution is 0.0967. The minimum atomic E-state index is -0.216. The molecule has 0 radical (unpaired) electrons. The zero-order valence-corrected chi connectivity index (χ0v) is 17.9. The number of nitrogens with one attached hydrogen (secondary N) is 2. The lowest BCUT2D eigenvalue weighted by Gasteiger charge is -2.00. The highest BCUT2D eigenvalue weighted by molar-refractivity contribution is 7.18. The fourth-order valence-electron chi connectivity index (χ4n) is 2.92. The van der Waals surface area contributed by atoms with E-state index in [1.165, 1.54) is 35.1 Å². The zero-order valence-electron chi connectivity index (χ0n) is 16.3. The molecule has 0 aliphatic carbocycles. The fraction of sp³-hybridized carbons (Fsp3) is 0.143. The number of aromatic nitrogens is 2. The Labute approximate surface area is 180 Å². The van der Waals surface area contributed by atoms with Gasteiger partial charge in [-0.25, -0.2) is 14.4 Å². The van der Waals surface area contributed by atoms with Gasteiger partial charge in [0.25, 0.3) is 5.91 Å². The normalized spacial score (nSPS) is 11.3. The number of nitrogens with zero attached hydrogens (tertiary/aromatic N) is 3. The lowest BCUT2D eigenvalue weighted by Crippen LogP contribution is -2.16. The molecule has 0 atom stereocenters. The highest BCUT2D eigenvalue weighted by Gasteiger charge is 2.12. The van der Waals surface area contributed by atoms with Crippen LogP contribution in [0, 0.1) is 12.7 Å². The van der Waals surface area contributed by atoms with Crippen molar-refractivity contribution in [2.45, 2.75) is 13.3 Å². The molecule has 4 aromatic rings. The molecule has 0 bridgehead atoms. The van der Waals surface area contributed by atoms with Crippen LogP contribution in [-0.4, -0.2) is 29.1 Å². The van der Waals surface area contributed by atoms with Gasteiger partial charge in [-0.1, -0.05) is 18.2 Å². The first-order chi connectivity index (χ1) is 14.5. The van der Waals surface area contributed by atoms with Crippen LogP contribution >= 0.6 is 22.7 Å². The Morgan fingerprint density at radius 2 is 2.07 bits per heavy atom. The number of hydrogen-bond donors (Lipinski definition) is 2. The van der Waals surface area contributed by atoms with Gasteiger partial charge >= 0.3 is 0 Å². The third-order valence-corrected chi connectivity index (χ3v) is 6.68. The lowest BCUT2D eigenvalue weighted by atomic mass is 10.1. The van der Waals surface area contributed by atoms with Gasteiger partial charge in [0, 0.05) is 18.3 Å². The van der Waals surface area contributed by atoms with Gasteiger partial charge in [0.15, 0.2) is 5.82 Å². The van der Waals surface area contributed by atoms with Crippen molar-refractivity contribution in [2.75, 3.05) is 12.5 Å². The van der Waals surface area contributed by atoms with Gasteiger partial charge in [0.05, 0.1) is 21.4 Å². The molecule has 4 rings (SSSR count). The predicted octanol–water partition coefficient (Wildman–Crippen LogP) is 4.60. The molecule has 0 aliphatic heterocycles. The SMILES string of the molecule is CNC(=O)c1cc(C)c(/C=N\Nc2ncnc3sc(Cc4ccccc4F)cc23)s1. The summed E-state index contributed by atoms with van der Waals surface area (Å²) < 4.78 is 14.0. The molecule has 0 aliphatic rings. The van der Waals surface area contributed by atoms with Gasteiger partial charge in [-0.2, -0.15) is 5.10 Å². The number of hydrazone groups is 1. The topological polar surface area (TPSA) is 79.3 Å². The van der Waals surface area contributed by atoms with E-state index < -0.39 is 0 Å². The Hall–Kier alpha value is -3.17. The molecule has 0 unspecified atom stereocenters. The molecular formula is C21H18FN5OS2. The smallest absolute Gasteiger partial charge is 0.261 e. The summed E-state index contributed by atoms with van der Waals surface area (Å²) in [6.07, 6.45) is 3.64. The number of anilines is 1. The molecule has 9 heteroatoms. The van der Waals surface area contributed by atoms with Crippen molar-refractivity contribution in [2.24, 2.45) is 5.10 Å². The Kier molecular flexibility index (Phi) is 5.82. The molecule has 1 aromatic carbocycles. The average Bonchev–Trinajstić information content (AvgIpc) is 3.33. The maximum absolute atomic E-state index is 14.0. The molecule has 152 valence electrons. The van der Waals surface area contributed by atoms with Gasteiger partial charge < -0.3 is 5.32 Å². The van der Waals surface area contributed by atoms with Gasteiger partial charge in [0.1, 0.15) is 17.0 Å². The van der Waals surface area contributed by atoms with E-state index in [0.717, 1.165) is 25.5 Å². The zero-order chi connectivity index (χ0) is 21.1. The third-order valence-electron chi connectivity index (χ3n) is 4.46. The second-order valence-electron chi connectivity index (χ2n) is 6.53. The average molecular weight is 440 g/mol. The molecule has 3 heterocycles. The van der Waals surface area contributed by atoms with E-state index in [0.29, 0.717) is 22.7 Å². The molecule has 6 nitrogen and oxygen atoms in total. The number of rotatable bonds is 6. The Morgan fingerprint density at radius 1 is 1.23 bits per heavy atom. The van der Waals surface area contributed by atoms with Crippen LogP contribution < -0.4 is 10.7 Å². The van der Waals surface area contributed by atoms with Crippen molar-refractivity contribution >= 4 is 50.8 Å². The van der Waals surface area contributed by atoms with Crippen LogP contribution in [0.4, 0.5) is 10.2 Å². The fourth-order valence-corrected chi connectivity index (χ4v) is 4.93. The van der Waals surface area contributed by atoms with Crippen LogP contribution in [0.1, 0.15) is 30.6 Å². The number of aryl methyl sites for hydroxylation is 1. The first-order valence-electron chi connectivity index (χ1n) is 9.13. The standard InChI is InChI=1S/C21H18FN5OS2/c1-12-7-17(20(28)23-2)30-18(12)10-26-27-19-15-9-14(29-21(15)25-11-24-19)8-13-5-3-4-6-16(13)22/h3-7,9-11H,8H2,1-2H3,(H,23,28)(H,24,25,27)/b26-10-. The second kappa shape index (κ2) is 8.68. The van der Waals surface area contributed by atoms with E-state index in [1.54, 1.807) is 25.4 Å². The van der Waals surface area contributed by atoms with E-state index in [-0.39, 0.29) is 11.7 Å². The van der Waals surface area contributed by atoms with Crippen molar-refractivity contribution in [3.05, 3.63) is 74.3 Å². The third kappa shape index (κ3) is 4.22. The summed E-state index contributed by atoms with van der Waals surface area (Å²) in [4.78, 5) is 23.7. The molecule has 1 amide bonds. The van der Waals surface area contributed by atoms with Gasteiger partial charge in [-0.3, -0.25) is 10.2 Å². The number of carbonyl (C=O) groups is 1. The van der Waals surface area contributed by atoms with Crippen molar-refractivity contribution in [1.82, 2.24) is 15.3 Å². The highest BCUT2D eigenvalue weighted by Crippen LogP contribution is 2.30. The Balaban J connectivity index is 1.54. The van der Waals surface area contributed by atoms with Crippen LogP contribution in [0.3, 0.4) is 0 Å². The molecule has 30 heavy (non-hydrogen) atoms. The summed E-state index contributed by atoms with van der Waals surface area (Å²) in [5, 5.41) is 7.74. The first kappa shape index (κ1) is 20.1. The van der Waals surface area contributed by atoms with Crippen molar-refractivity contribution in [1.29, 1.82) is 0 Å². The van der Waals surface area contributed by atoms with Crippen molar-refractivity contribution in [3.63, 3.8) is 0 Å². The number of amides is 1. The molecule has 0 fully saturated rings. The molecule has 0 saturated carbocycles. The van der Waals surface area contributed by atoms with Crippen LogP contribution in [0.25, 0.3) is 10.2 Å². The summed E-state index contributed by atoms with van der Waals surface area (Å²) in [7, 11) is 1.61. The minimum absolute atomic E-state index is 0.117. The Morgan fingerprint density at radius 3 is 2.87 bits per heavy atom. The predicted molar refractivity (Wildman–Crippen MR) is 120 cm³/mol. The second-order valence-corrected chi connectivity index (χ2v) is 8.73. The van der Waals surface area contributed by atoms with E-state index in [2.05, 4.69) is 25.8 Å².